The van der Waals surface area contributed by atoms with Crippen LogP contribution >= 0.6 is 27.3 Å². The van der Waals surface area contributed by atoms with E-state index in [0.29, 0.717) is 12.0 Å². The summed E-state index contributed by atoms with van der Waals surface area (Å²) in [6.45, 7) is 3.22. The molecular weight excluding hydrogens is 360 g/mol. The molecule has 0 unspecified atom stereocenters. The third-order valence-electron chi connectivity index (χ3n) is 4.91. The van der Waals surface area contributed by atoms with E-state index in [-0.39, 0.29) is 5.91 Å². The minimum absolute atomic E-state index is 0.285. The molecule has 0 atom stereocenters. The van der Waals surface area contributed by atoms with E-state index in [1.54, 1.807) is 0 Å². The number of amides is 1. The van der Waals surface area contributed by atoms with Gasteiger partial charge in [-0.25, -0.2) is 0 Å². The smallest absolute Gasteiger partial charge is 0.220 e. The van der Waals surface area contributed by atoms with Crippen molar-refractivity contribution in [3.8, 4) is 0 Å². The van der Waals surface area contributed by atoms with E-state index in [4.69, 9.17) is 0 Å². The first-order valence-electron chi connectivity index (χ1n) is 8.45. The molecule has 1 aliphatic carbocycles. The first kappa shape index (κ1) is 16.5. The van der Waals surface area contributed by atoms with Gasteiger partial charge in [-0.15, -0.1) is 11.3 Å². The molecule has 3 nitrogen and oxygen atoms in total. The van der Waals surface area contributed by atoms with Crippen LogP contribution in [0.5, 0.6) is 0 Å². The summed E-state index contributed by atoms with van der Waals surface area (Å²) in [5, 5.41) is 3.26. The number of nitrogens with zero attached hydrogens (tertiary/aromatic N) is 1. The molecule has 1 saturated carbocycles. The number of piperidine rings is 1. The second-order valence-electron chi connectivity index (χ2n) is 6.68. The van der Waals surface area contributed by atoms with E-state index < -0.39 is 0 Å². The zero-order chi connectivity index (χ0) is 15.4. The fraction of sp³-hybridized carbons (Fsp3) is 0.706. The van der Waals surface area contributed by atoms with Crippen LogP contribution in [0.1, 0.15) is 49.8 Å². The lowest BCUT2D eigenvalue weighted by molar-refractivity contribution is -0.123. The number of carbonyl (C=O) groups is 1. The van der Waals surface area contributed by atoms with Gasteiger partial charge in [0.2, 0.25) is 5.91 Å². The van der Waals surface area contributed by atoms with E-state index in [2.05, 4.69) is 38.3 Å². The maximum atomic E-state index is 12.1. The van der Waals surface area contributed by atoms with Gasteiger partial charge in [-0.05, 0) is 59.7 Å². The highest BCUT2D eigenvalue weighted by Crippen LogP contribution is 2.28. The molecule has 1 saturated heterocycles. The minimum Gasteiger partial charge on any atom is -0.353 e. The SMILES string of the molecule is O=C(CC1CCCC1)NC1CCN(Cc2ccc(Br)s2)CC1. The van der Waals surface area contributed by atoms with Crippen molar-refractivity contribution in [2.24, 2.45) is 5.92 Å². The van der Waals surface area contributed by atoms with Crippen LogP contribution in [0.4, 0.5) is 0 Å². The lowest BCUT2D eigenvalue weighted by Crippen LogP contribution is -2.44. The number of thiophene rings is 1. The minimum atomic E-state index is 0.285. The summed E-state index contributed by atoms with van der Waals surface area (Å²) in [6, 6.07) is 4.71. The molecule has 22 heavy (non-hydrogen) atoms. The van der Waals surface area contributed by atoms with Crippen molar-refractivity contribution in [1.82, 2.24) is 10.2 Å². The van der Waals surface area contributed by atoms with Gasteiger partial charge in [0, 0.05) is 37.0 Å². The Kier molecular flexibility index (Phi) is 5.94. The molecule has 2 fully saturated rings. The largest absolute Gasteiger partial charge is 0.353 e. The number of hydrogen-bond acceptors (Lipinski definition) is 3. The summed E-state index contributed by atoms with van der Waals surface area (Å²) in [4.78, 5) is 16.0. The molecule has 5 heteroatoms. The maximum absolute atomic E-state index is 12.1. The Balaban J connectivity index is 1.37. The average molecular weight is 385 g/mol. The van der Waals surface area contributed by atoms with Gasteiger partial charge in [-0.3, -0.25) is 9.69 Å². The Hall–Kier alpha value is -0.390. The number of halogens is 1. The fourth-order valence-electron chi connectivity index (χ4n) is 3.66. The van der Waals surface area contributed by atoms with Crippen LogP contribution in [0.2, 0.25) is 0 Å². The van der Waals surface area contributed by atoms with E-state index in [1.807, 2.05) is 11.3 Å². The highest BCUT2D eigenvalue weighted by Gasteiger charge is 2.23. The van der Waals surface area contributed by atoms with E-state index in [1.165, 1.54) is 34.3 Å². The zero-order valence-electron chi connectivity index (χ0n) is 13.0. The van der Waals surface area contributed by atoms with Crippen molar-refractivity contribution in [3.05, 3.63) is 20.8 Å². The third kappa shape index (κ3) is 4.80. The molecule has 0 bridgehead atoms. The fourth-order valence-corrected chi connectivity index (χ4v) is 5.18. The first-order valence-corrected chi connectivity index (χ1v) is 10.1. The van der Waals surface area contributed by atoms with E-state index >= 15 is 0 Å². The summed E-state index contributed by atoms with van der Waals surface area (Å²) in [5.41, 5.74) is 0. The normalized spacial score (nSPS) is 21.3. The van der Waals surface area contributed by atoms with Gasteiger partial charge < -0.3 is 5.32 Å². The van der Waals surface area contributed by atoms with Gasteiger partial charge in [0.15, 0.2) is 0 Å². The van der Waals surface area contributed by atoms with Gasteiger partial charge >= 0.3 is 0 Å². The average Bonchev–Trinajstić information content (AvgIpc) is 3.13. The van der Waals surface area contributed by atoms with Crippen molar-refractivity contribution in [2.75, 3.05) is 13.1 Å². The summed E-state index contributed by atoms with van der Waals surface area (Å²) in [7, 11) is 0. The lowest BCUT2D eigenvalue weighted by Gasteiger charge is -2.32. The summed E-state index contributed by atoms with van der Waals surface area (Å²) in [5.74, 6) is 0.935. The maximum Gasteiger partial charge on any atom is 0.220 e. The molecule has 1 amide bonds. The number of hydrogen-bond donors (Lipinski definition) is 1. The summed E-state index contributed by atoms with van der Waals surface area (Å²) >= 11 is 5.34. The van der Waals surface area contributed by atoms with Gasteiger partial charge in [0.05, 0.1) is 3.79 Å². The molecule has 122 valence electrons. The summed E-state index contributed by atoms with van der Waals surface area (Å²) in [6.07, 6.45) is 8.06. The monoisotopic (exact) mass is 384 g/mol. The standard InChI is InChI=1S/C17H25BrN2OS/c18-16-6-5-15(22-16)12-20-9-7-14(8-10-20)19-17(21)11-13-3-1-2-4-13/h5-6,13-14H,1-4,7-12H2,(H,19,21). The Morgan fingerprint density at radius 3 is 2.59 bits per heavy atom. The number of carbonyl (C=O) groups excluding carboxylic acids is 1. The second-order valence-corrected chi connectivity index (χ2v) is 9.23. The van der Waals surface area contributed by atoms with Crippen molar-refractivity contribution < 1.29 is 4.79 Å². The number of likely N-dealkylation sites (tertiary alicyclic amines) is 1. The van der Waals surface area contributed by atoms with E-state index in [0.717, 1.165) is 38.9 Å². The third-order valence-corrected chi connectivity index (χ3v) is 6.52. The second kappa shape index (κ2) is 7.93. The predicted molar refractivity (Wildman–Crippen MR) is 95.0 cm³/mol. The van der Waals surface area contributed by atoms with Gasteiger partial charge in [0.1, 0.15) is 0 Å². The van der Waals surface area contributed by atoms with E-state index in [9.17, 15) is 4.79 Å². The molecule has 1 aromatic heterocycles. The lowest BCUT2D eigenvalue weighted by atomic mass is 10.0. The molecule has 2 aliphatic rings. The van der Waals surface area contributed by atoms with Crippen LogP contribution in [-0.2, 0) is 11.3 Å². The topological polar surface area (TPSA) is 32.3 Å². The number of nitrogens with one attached hydrogen (secondary N) is 1. The molecule has 1 aliphatic heterocycles. The molecule has 0 aromatic carbocycles. The Morgan fingerprint density at radius 2 is 1.95 bits per heavy atom. The van der Waals surface area contributed by atoms with Crippen molar-refractivity contribution in [3.63, 3.8) is 0 Å². The summed E-state index contributed by atoms with van der Waals surface area (Å²) < 4.78 is 1.21. The van der Waals surface area contributed by atoms with Gasteiger partial charge in [0.25, 0.3) is 0 Å². The quantitative estimate of drug-likeness (QED) is 0.825. The van der Waals surface area contributed by atoms with Gasteiger partial charge in [-0.1, -0.05) is 12.8 Å². The van der Waals surface area contributed by atoms with Crippen LogP contribution in [0.15, 0.2) is 15.9 Å². The van der Waals surface area contributed by atoms with Crippen molar-refractivity contribution >= 4 is 33.2 Å². The molecule has 1 N–H and O–H groups in total. The van der Waals surface area contributed by atoms with Crippen LogP contribution in [0, 0.1) is 5.92 Å². The van der Waals surface area contributed by atoms with Crippen LogP contribution < -0.4 is 5.32 Å². The Bertz CT molecular complexity index is 491. The highest BCUT2D eigenvalue weighted by molar-refractivity contribution is 9.11. The highest BCUT2D eigenvalue weighted by atomic mass is 79.9. The molecule has 0 radical (unpaired) electrons. The molecule has 1 aromatic rings. The van der Waals surface area contributed by atoms with Gasteiger partial charge in [-0.2, -0.15) is 0 Å². The zero-order valence-corrected chi connectivity index (χ0v) is 15.4. The van der Waals surface area contributed by atoms with Crippen molar-refractivity contribution in [2.45, 2.75) is 57.5 Å². The molecule has 3 rings (SSSR count). The predicted octanol–water partition coefficient (Wildman–Crippen LogP) is 4.17. The Labute approximate surface area is 145 Å². The number of rotatable bonds is 5. The van der Waals surface area contributed by atoms with Crippen LogP contribution in [0.3, 0.4) is 0 Å². The van der Waals surface area contributed by atoms with Crippen molar-refractivity contribution in [1.29, 1.82) is 0 Å². The molecule has 2 heterocycles. The molecular formula is C17H25BrN2OS. The Morgan fingerprint density at radius 1 is 1.23 bits per heavy atom. The van der Waals surface area contributed by atoms with Crippen LogP contribution in [-0.4, -0.2) is 29.9 Å². The first-order chi connectivity index (χ1) is 10.7. The van der Waals surface area contributed by atoms with Crippen LogP contribution in [0.25, 0.3) is 0 Å². The molecule has 0 spiro atoms.